The van der Waals surface area contributed by atoms with E-state index < -0.39 is 16.1 Å². The fraction of sp³-hybridized carbons (Fsp3) is 0.889. The Morgan fingerprint density at radius 3 is 2.65 bits per heavy atom. The SMILES string of the molecule is CCNS(=O)(=O)CCNC(=O)C(N)CCOC. The zero-order valence-electron chi connectivity index (χ0n) is 10.2. The first-order valence-corrected chi connectivity index (χ1v) is 7.07. The summed E-state index contributed by atoms with van der Waals surface area (Å²) in [6.07, 6.45) is 0.405. The molecule has 0 bridgehead atoms. The van der Waals surface area contributed by atoms with Crippen LogP contribution in [0, 0.1) is 0 Å². The first-order chi connectivity index (χ1) is 7.93. The van der Waals surface area contributed by atoms with E-state index in [1.165, 1.54) is 7.11 Å². The standard InChI is InChI=1S/C9H21N3O4S/c1-3-12-17(14,15)7-5-11-9(13)8(10)4-6-16-2/h8,12H,3-7,10H2,1-2H3,(H,11,13). The summed E-state index contributed by atoms with van der Waals surface area (Å²) < 4.78 is 29.6. The van der Waals surface area contributed by atoms with Gasteiger partial charge in [-0.1, -0.05) is 6.92 Å². The molecule has 0 heterocycles. The molecule has 0 saturated carbocycles. The van der Waals surface area contributed by atoms with Crippen LogP contribution in [0.3, 0.4) is 0 Å². The molecule has 0 spiro atoms. The molecule has 0 aromatic carbocycles. The highest BCUT2D eigenvalue weighted by molar-refractivity contribution is 7.89. The van der Waals surface area contributed by atoms with Crippen LogP contribution in [0.1, 0.15) is 13.3 Å². The monoisotopic (exact) mass is 267 g/mol. The van der Waals surface area contributed by atoms with Crippen molar-refractivity contribution in [2.24, 2.45) is 5.73 Å². The highest BCUT2D eigenvalue weighted by Crippen LogP contribution is 1.89. The molecule has 0 fully saturated rings. The Bertz CT molecular complexity index is 318. The number of nitrogens with two attached hydrogens (primary N) is 1. The van der Waals surface area contributed by atoms with E-state index in [9.17, 15) is 13.2 Å². The van der Waals surface area contributed by atoms with Gasteiger partial charge in [0.05, 0.1) is 11.8 Å². The molecule has 17 heavy (non-hydrogen) atoms. The van der Waals surface area contributed by atoms with Crippen LogP contribution in [-0.4, -0.2) is 52.9 Å². The maximum atomic E-state index is 11.4. The van der Waals surface area contributed by atoms with Crippen LogP contribution in [0.25, 0.3) is 0 Å². The van der Waals surface area contributed by atoms with Crippen molar-refractivity contribution in [1.82, 2.24) is 10.0 Å². The first-order valence-electron chi connectivity index (χ1n) is 5.42. The summed E-state index contributed by atoms with van der Waals surface area (Å²) in [7, 11) is -1.78. The number of hydrogen-bond donors (Lipinski definition) is 3. The topological polar surface area (TPSA) is 111 Å². The summed E-state index contributed by atoms with van der Waals surface area (Å²) in [4.78, 5) is 11.4. The number of carbonyl (C=O) groups is 1. The van der Waals surface area contributed by atoms with Crippen LogP contribution in [-0.2, 0) is 19.6 Å². The molecule has 0 rings (SSSR count). The average Bonchev–Trinajstić information content (AvgIpc) is 2.25. The van der Waals surface area contributed by atoms with Gasteiger partial charge in [-0.2, -0.15) is 0 Å². The number of sulfonamides is 1. The van der Waals surface area contributed by atoms with E-state index in [4.69, 9.17) is 10.5 Å². The summed E-state index contributed by atoms with van der Waals surface area (Å²) in [6.45, 7) is 2.47. The Morgan fingerprint density at radius 2 is 2.12 bits per heavy atom. The molecule has 4 N–H and O–H groups in total. The fourth-order valence-electron chi connectivity index (χ4n) is 1.11. The Balaban J connectivity index is 3.85. The van der Waals surface area contributed by atoms with E-state index in [1.54, 1.807) is 6.92 Å². The van der Waals surface area contributed by atoms with E-state index in [2.05, 4.69) is 10.0 Å². The third kappa shape index (κ3) is 8.08. The third-order valence-corrected chi connectivity index (χ3v) is 3.47. The number of carbonyl (C=O) groups excluding carboxylic acids is 1. The van der Waals surface area contributed by atoms with E-state index in [0.29, 0.717) is 19.6 Å². The van der Waals surface area contributed by atoms with Gasteiger partial charge in [0.15, 0.2) is 0 Å². The molecule has 0 aliphatic heterocycles. The maximum absolute atomic E-state index is 11.4. The first kappa shape index (κ1) is 16.3. The lowest BCUT2D eigenvalue weighted by molar-refractivity contribution is -0.122. The van der Waals surface area contributed by atoms with Crippen LogP contribution in [0.4, 0.5) is 0 Å². The second-order valence-corrected chi connectivity index (χ2v) is 5.42. The summed E-state index contributed by atoms with van der Waals surface area (Å²) in [6, 6.07) is -0.670. The molecule has 0 radical (unpaired) electrons. The molecular weight excluding hydrogens is 246 g/mol. The number of amides is 1. The zero-order valence-corrected chi connectivity index (χ0v) is 11.0. The molecule has 102 valence electrons. The number of nitrogens with one attached hydrogen (secondary N) is 2. The quantitative estimate of drug-likeness (QED) is 0.466. The van der Waals surface area contributed by atoms with Gasteiger partial charge in [0, 0.05) is 26.8 Å². The molecule has 1 amide bonds. The van der Waals surface area contributed by atoms with Gasteiger partial charge in [0.1, 0.15) is 0 Å². The minimum absolute atomic E-state index is 0.0504. The van der Waals surface area contributed by atoms with Crippen molar-refractivity contribution >= 4 is 15.9 Å². The van der Waals surface area contributed by atoms with Crippen molar-refractivity contribution in [2.45, 2.75) is 19.4 Å². The Morgan fingerprint density at radius 1 is 1.47 bits per heavy atom. The van der Waals surface area contributed by atoms with Gasteiger partial charge in [-0.25, -0.2) is 13.1 Å². The lowest BCUT2D eigenvalue weighted by atomic mass is 10.2. The molecule has 8 heteroatoms. The summed E-state index contributed by atoms with van der Waals surface area (Å²) in [5.41, 5.74) is 5.55. The van der Waals surface area contributed by atoms with Gasteiger partial charge >= 0.3 is 0 Å². The van der Waals surface area contributed by atoms with Gasteiger partial charge < -0.3 is 15.8 Å². The number of ether oxygens (including phenoxy) is 1. The fourth-order valence-corrected chi connectivity index (χ4v) is 2.06. The van der Waals surface area contributed by atoms with E-state index in [1.807, 2.05) is 0 Å². The number of hydrogen-bond acceptors (Lipinski definition) is 5. The largest absolute Gasteiger partial charge is 0.385 e. The Hall–Kier alpha value is -0.700. The smallest absolute Gasteiger partial charge is 0.237 e. The molecule has 0 saturated heterocycles. The van der Waals surface area contributed by atoms with Crippen molar-refractivity contribution < 1.29 is 17.9 Å². The molecule has 0 aliphatic carbocycles. The minimum Gasteiger partial charge on any atom is -0.385 e. The molecule has 0 aromatic rings. The van der Waals surface area contributed by atoms with Crippen molar-refractivity contribution in [2.75, 3.05) is 32.6 Å². The van der Waals surface area contributed by atoms with Crippen molar-refractivity contribution in [3.63, 3.8) is 0 Å². The van der Waals surface area contributed by atoms with Crippen LogP contribution >= 0.6 is 0 Å². The predicted octanol–water partition coefficient (Wildman–Crippen LogP) is -1.59. The minimum atomic E-state index is -3.30. The lowest BCUT2D eigenvalue weighted by Gasteiger charge is -2.11. The molecule has 1 atom stereocenters. The van der Waals surface area contributed by atoms with Crippen molar-refractivity contribution in [1.29, 1.82) is 0 Å². The predicted molar refractivity (Wildman–Crippen MR) is 64.9 cm³/mol. The van der Waals surface area contributed by atoms with Gasteiger partial charge in [-0.15, -0.1) is 0 Å². The van der Waals surface area contributed by atoms with Crippen LogP contribution in [0.2, 0.25) is 0 Å². The van der Waals surface area contributed by atoms with Crippen molar-refractivity contribution in [3.05, 3.63) is 0 Å². The molecule has 0 aliphatic rings. The van der Waals surface area contributed by atoms with E-state index in [0.717, 1.165) is 0 Å². The normalized spacial score (nSPS) is 13.4. The molecule has 7 nitrogen and oxygen atoms in total. The Labute approximate surface area is 102 Å². The highest BCUT2D eigenvalue weighted by Gasteiger charge is 2.14. The molecule has 1 unspecified atom stereocenters. The highest BCUT2D eigenvalue weighted by atomic mass is 32.2. The van der Waals surface area contributed by atoms with E-state index in [-0.39, 0.29) is 18.2 Å². The number of rotatable bonds is 9. The van der Waals surface area contributed by atoms with Gasteiger partial charge in [0.25, 0.3) is 0 Å². The van der Waals surface area contributed by atoms with Crippen LogP contribution in [0.15, 0.2) is 0 Å². The van der Waals surface area contributed by atoms with Gasteiger partial charge in [0.2, 0.25) is 15.9 Å². The third-order valence-electron chi connectivity index (χ3n) is 2.00. The summed E-state index contributed by atoms with van der Waals surface area (Å²) >= 11 is 0. The van der Waals surface area contributed by atoms with Crippen molar-refractivity contribution in [3.8, 4) is 0 Å². The number of methoxy groups -OCH3 is 1. The molecular formula is C9H21N3O4S. The zero-order chi connectivity index (χ0) is 13.3. The van der Waals surface area contributed by atoms with E-state index >= 15 is 0 Å². The summed E-state index contributed by atoms with van der Waals surface area (Å²) in [5, 5.41) is 2.47. The van der Waals surface area contributed by atoms with Gasteiger partial charge in [-0.05, 0) is 6.42 Å². The maximum Gasteiger partial charge on any atom is 0.237 e. The average molecular weight is 267 g/mol. The second kappa shape index (κ2) is 8.40. The second-order valence-electron chi connectivity index (χ2n) is 3.50. The van der Waals surface area contributed by atoms with Gasteiger partial charge in [-0.3, -0.25) is 4.79 Å². The van der Waals surface area contributed by atoms with Crippen LogP contribution < -0.4 is 15.8 Å². The van der Waals surface area contributed by atoms with Crippen LogP contribution in [0.5, 0.6) is 0 Å². The lowest BCUT2D eigenvalue weighted by Crippen LogP contribution is -2.43. The summed E-state index contributed by atoms with van der Waals surface area (Å²) in [5.74, 6) is -0.516. The molecule has 0 aromatic heterocycles. The Kier molecular flexibility index (Phi) is 8.05.